The maximum atomic E-state index is 10.6. The van der Waals surface area contributed by atoms with Crippen LogP contribution in [0.25, 0.3) is 0 Å². The molecule has 0 amide bonds. The number of hydrogen-bond donors (Lipinski definition) is 1. The third-order valence-electron chi connectivity index (χ3n) is 1.08. The molecule has 0 saturated carbocycles. The quantitative estimate of drug-likeness (QED) is 0.457. The summed E-state index contributed by atoms with van der Waals surface area (Å²) < 4.78 is -1.58. The van der Waals surface area contributed by atoms with Crippen molar-refractivity contribution >= 4 is 31.0 Å². The number of ketones is 1. The number of hydrogen-bond acceptors (Lipinski definition) is 4. The molecule has 0 aliphatic carbocycles. The summed E-state index contributed by atoms with van der Waals surface area (Å²) in [7, 11) is 0. The molecule has 0 spiro atoms. The average molecular weight is 158 g/mol. The molecule has 3 nitrogen and oxygen atoms in total. The molecular weight excluding hydrogens is 152 g/mol. The van der Waals surface area contributed by atoms with Crippen LogP contribution < -0.4 is 0 Å². The van der Waals surface area contributed by atoms with Crippen molar-refractivity contribution in [3.05, 3.63) is 0 Å². The van der Waals surface area contributed by atoms with Gasteiger partial charge in [-0.1, -0.05) is 0 Å². The third-order valence-corrected chi connectivity index (χ3v) is 1.64. The zero-order valence-electron chi connectivity index (χ0n) is 5.38. The minimum absolute atomic E-state index is 0.338. The number of Topliss-reactive ketones (excluding diaryl/α,β-unsaturated/α-hetero) is 1. The van der Waals surface area contributed by atoms with E-state index in [0.29, 0.717) is 0 Å². The highest BCUT2D eigenvalue weighted by molar-refractivity contribution is 7.83. The second-order valence-electron chi connectivity index (χ2n) is 1.84. The van der Waals surface area contributed by atoms with Crippen LogP contribution in [0.15, 0.2) is 0 Å². The molecule has 0 aliphatic rings. The van der Waals surface area contributed by atoms with E-state index >= 15 is 0 Å². The van der Waals surface area contributed by atoms with E-state index in [9.17, 15) is 14.4 Å². The molecule has 4 heteroatoms. The Labute approximate surface area is 64.2 Å². The molecule has 2 radical (unpaired) electrons. The Morgan fingerprint density at radius 3 is 2.20 bits per heavy atom. The molecule has 0 rings (SSSR count). The molecule has 0 aromatic heterocycles. The highest BCUT2D eigenvalue weighted by atomic mass is 32.1. The van der Waals surface area contributed by atoms with Crippen molar-refractivity contribution in [2.24, 2.45) is 0 Å². The van der Waals surface area contributed by atoms with Gasteiger partial charge in [-0.15, -0.1) is 0 Å². The first kappa shape index (κ1) is 9.36. The Hall–Kier alpha value is -0.640. The van der Waals surface area contributed by atoms with E-state index in [4.69, 9.17) is 0 Å². The predicted octanol–water partition coefficient (Wildman–Crippen LogP) is -0.147. The lowest BCUT2D eigenvalue weighted by Gasteiger charge is -2.11. The van der Waals surface area contributed by atoms with E-state index in [1.165, 1.54) is 19.5 Å². The molecule has 0 bridgehead atoms. The van der Waals surface area contributed by atoms with Gasteiger partial charge in [0.25, 0.3) is 0 Å². The van der Waals surface area contributed by atoms with Crippen LogP contribution in [-0.2, 0) is 14.4 Å². The van der Waals surface area contributed by atoms with Gasteiger partial charge in [0.1, 0.15) is 4.75 Å². The molecule has 0 aliphatic heterocycles. The van der Waals surface area contributed by atoms with Gasteiger partial charge in [0.05, 0.1) is 0 Å². The summed E-state index contributed by atoms with van der Waals surface area (Å²) in [5.41, 5.74) is 0. The Kier molecular flexibility index (Phi) is 3.28. The number of thiol groups is 1. The Bertz CT molecular complexity index is 166. The summed E-state index contributed by atoms with van der Waals surface area (Å²) in [6.45, 7) is 1.18. The number of carbonyl (C=O) groups is 1. The van der Waals surface area contributed by atoms with Crippen LogP contribution in [0.4, 0.5) is 0 Å². The van der Waals surface area contributed by atoms with Crippen molar-refractivity contribution in [3.63, 3.8) is 0 Å². The van der Waals surface area contributed by atoms with Crippen molar-refractivity contribution in [2.45, 2.75) is 18.1 Å². The molecule has 0 aromatic rings. The first-order valence-corrected chi connectivity index (χ1v) is 2.99. The minimum Gasteiger partial charge on any atom is -0.298 e. The summed E-state index contributed by atoms with van der Waals surface area (Å²) in [5, 5.41) is 0. The Morgan fingerprint density at radius 2 is 2.10 bits per heavy atom. The van der Waals surface area contributed by atoms with Crippen molar-refractivity contribution in [1.29, 1.82) is 0 Å². The van der Waals surface area contributed by atoms with Gasteiger partial charge < -0.3 is 0 Å². The van der Waals surface area contributed by atoms with Gasteiger partial charge in [0.15, 0.2) is 5.78 Å². The SMILES string of the molecule is CC(=O)C(S)([C]=O)C[C]=O. The van der Waals surface area contributed by atoms with Crippen LogP contribution in [0.5, 0.6) is 0 Å². The van der Waals surface area contributed by atoms with E-state index in [-0.39, 0.29) is 6.42 Å². The zero-order chi connectivity index (χ0) is 8.20. The van der Waals surface area contributed by atoms with Crippen LogP contribution in [-0.4, -0.2) is 23.1 Å². The largest absolute Gasteiger partial charge is 0.298 e. The van der Waals surface area contributed by atoms with Gasteiger partial charge in [-0.05, 0) is 6.92 Å². The van der Waals surface area contributed by atoms with Crippen LogP contribution in [0, 0.1) is 0 Å². The van der Waals surface area contributed by atoms with Gasteiger partial charge in [-0.2, -0.15) is 12.6 Å². The van der Waals surface area contributed by atoms with Gasteiger partial charge in [0, 0.05) is 6.42 Å². The van der Waals surface area contributed by atoms with Crippen molar-refractivity contribution in [3.8, 4) is 0 Å². The molecule has 10 heavy (non-hydrogen) atoms. The van der Waals surface area contributed by atoms with E-state index in [1.807, 2.05) is 0 Å². The standard InChI is InChI=1S/C6H6O3S/c1-5(9)6(10,4-8)2-3-7/h10H,2H2,1H3. The fourth-order valence-corrected chi connectivity index (χ4v) is 0.401. The molecule has 1 unspecified atom stereocenters. The Balaban J connectivity index is 4.36. The van der Waals surface area contributed by atoms with E-state index in [0.717, 1.165) is 0 Å². The normalized spacial score (nSPS) is 15.4. The molecule has 0 fully saturated rings. The monoisotopic (exact) mass is 158 g/mol. The van der Waals surface area contributed by atoms with Crippen LogP contribution >= 0.6 is 12.6 Å². The molecule has 54 valence electrons. The fourth-order valence-electron chi connectivity index (χ4n) is 0.337. The van der Waals surface area contributed by atoms with E-state index in [2.05, 4.69) is 12.6 Å². The molecule has 0 aromatic carbocycles. The summed E-state index contributed by atoms with van der Waals surface area (Å²) in [4.78, 5) is 30.4. The summed E-state index contributed by atoms with van der Waals surface area (Å²) in [6.07, 6.45) is 2.47. The van der Waals surface area contributed by atoms with Crippen LogP contribution in [0.1, 0.15) is 13.3 Å². The lowest BCUT2D eigenvalue weighted by atomic mass is 10.0. The van der Waals surface area contributed by atoms with Gasteiger partial charge in [-0.3, -0.25) is 14.4 Å². The first-order valence-electron chi connectivity index (χ1n) is 2.54. The Morgan fingerprint density at radius 1 is 1.60 bits per heavy atom. The van der Waals surface area contributed by atoms with Crippen molar-refractivity contribution in [1.82, 2.24) is 0 Å². The van der Waals surface area contributed by atoms with Gasteiger partial charge >= 0.3 is 0 Å². The van der Waals surface area contributed by atoms with Crippen molar-refractivity contribution in [2.75, 3.05) is 0 Å². The fraction of sp³-hybridized carbons (Fsp3) is 0.500. The maximum absolute atomic E-state index is 10.6. The molecule has 0 N–H and O–H groups in total. The van der Waals surface area contributed by atoms with Crippen LogP contribution in [0.3, 0.4) is 0 Å². The van der Waals surface area contributed by atoms with Crippen LogP contribution in [0.2, 0.25) is 0 Å². The smallest absolute Gasteiger partial charge is 0.224 e. The van der Waals surface area contributed by atoms with Gasteiger partial charge in [-0.25, -0.2) is 0 Å². The van der Waals surface area contributed by atoms with E-state index in [1.54, 1.807) is 0 Å². The second kappa shape index (κ2) is 3.51. The lowest BCUT2D eigenvalue weighted by molar-refractivity contribution is -0.117. The molecular formula is C6H6O3S. The molecule has 0 saturated heterocycles. The predicted molar refractivity (Wildman–Crippen MR) is 38.4 cm³/mol. The lowest BCUT2D eigenvalue weighted by Crippen LogP contribution is -2.32. The minimum atomic E-state index is -1.58. The highest BCUT2D eigenvalue weighted by Crippen LogP contribution is 2.15. The summed E-state index contributed by atoms with van der Waals surface area (Å²) in [5.74, 6) is -0.491. The molecule has 0 heterocycles. The second-order valence-corrected chi connectivity index (χ2v) is 2.60. The first-order chi connectivity index (χ1) is 4.56. The third kappa shape index (κ3) is 1.95. The summed E-state index contributed by atoms with van der Waals surface area (Å²) >= 11 is 3.66. The number of carbonyl (C=O) groups excluding carboxylic acids is 3. The average Bonchev–Trinajstić information content (AvgIpc) is 1.88. The number of rotatable bonds is 4. The highest BCUT2D eigenvalue weighted by Gasteiger charge is 2.31. The topological polar surface area (TPSA) is 51.2 Å². The summed E-state index contributed by atoms with van der Waals surface area (Å²) in [6, 6.07) is 0. The van der Waals surface area contributed by atoms with E-state index < -0.39 is 10.5 Å². The van der Waals surface area contributed by atoms with Gasteiger partial charge in [0.2, 0.25) is 12.6 Å². The maximum Gasteiger partial charge on any atom is 0.224 e. The van der Waals surface area contributed by atoms with Crippen molar-refractivity contribution < 1.29 is 14.4 Å². The molecule has 1 atom stereocenters. The zero-order valence-corrected chi connectivity index (χ0v) is 6.27.